The van der Waals surface area contributed by atoms with Crippen LogP contribution in [0.5, 0.6) is 0 Å². The summed E-state index contributed by atoms with van der Waals surface area (Å²) in [4.78, 5) is 24.4. The number of likely N-dealkylation sites (tertiary alicyclic amines) is 1. The molecule has 0 unspecified atom stereocenters. The smallest absolute Gasteiger partial charge is 0.320 e. The van der Waals surface area contributed by atoms with Crippen LogP contribution in [-0.4, -0.2) is 63.6 Å². The molecule has 3 N–H and O–H groups in total. The first-order valence-electron chi connectivity index (χ1n) is 7.88. The van der Waals surface area contributed by atoms with Gasteiger partial charge in [-0.1, -0.05) is 30.3 Å². The minimum Gasteiger partial charge on any atom is -0.480 e. The van der Waals surface area contributed by atoms with Gasteiger partial charge < -0.3 is 20.1 Å². The van der Waals surface area contributed by atoms with Crippen LogP contribution in [0, 0.1) is 5.92 Å². The van der Waals surface area contributed by atoms with Crippen molar-refractivity contribution >= 4 is 11.9 Å². The SMILES string of the molecule is CC(=O)OC[C@@H]1C[C@H](C(=O)O)N(Cc2ccccc2)[C@H]1[C@H](O)CO. The van der Waals surface area contributed by atoms with Crippen LogP contribution in [0.3, 0.4) is 0 Å². The third-order valence-electron chi connectivity index (χ3n) is 4.37. The molecule has 4 atom stereocenters. The standard InChI is InChI=1S/C17H23NO6/c1-11(20)24-10-13-7-14(17(22)23)18(16(13)15(21)9-19)8-12-5-3-2-4-6-12/h2-6,13-16,19,21H,7-10H2,1H3,(H,22,23)/t13-,14+,15+,16+/m0/s1. The molecule has 0 aromatic heterocycles. The summed E-state index contributed by atoms with van der Waals surface area (Å²) in [5.41, 5.74) is 0.909. The maximum atomic E-state index is 11.6. The van der Waals surface area contributed by atoms with E-state index in [1.165, 1.54) is 6.92 Å². The van der Waals surface area contributed by atoms with E-state index >= 15 is 0 Å². The van der Waals surface area contributed by atoms with Crippen LogP contribution in [-0.2, 0) is 20.9 Å². The van der Waals surface area contributed by atoms with Crippen LogP contribution in [0.4, 0.5) is 0 Å². The Labute approximate surface area is 140 Å². The number of nitrogens with zero attached hydrogens (tertiary/aromatic N) is 1. The molecule has 2 rings (SSSR count). The van der Waals surface area contributed by atoms with Crippen molar-refractivity contribution in [2.75, 3.05) is 13.2 Å². The van der Waals surface area contributed by atoms with Gasteiger partial charge in [0, 0.05) is 25.4 Å². The molecule has 1 aromatic rings. The van der Waals surface area contributed by atoms with Crippen molar-refractivity contribution in [3.05, 3.63) is 35.9 Å². The van der Waals surface area contributed by atoms with E-state index < -0.39 is 36.7 Å². The van der Waals surface area contributed by atoms with Gasteiger partial charge in [0.2, 0.25) is 0 Å². The summed E-state index contributed by atoms with van der Waals surface area (Å²) in [5.74, 6) is -1.81. The van der Waals surface area contributed by atoms with E-state index in [9.17, 15) is 24.9 Å². The number of aliphatic hydroxyl groups excluding tert-OH is 2. The van der Waals surface area contributed by atoms with Gasteiger partial charge in [0.25, 0.3) is 0 Å². The summed E-state index contributed by atoms with van der Waals surface area (Å²) in [6, 6.07) is 7.92. The first kappa shape index (κ1) is 18.4. The molecule has 0 bridgehead atoms. The molecule has 24 heavy (non-hydrogen) atoms. The predicted octanol–water partition coefficient (Wildman–Crippen LogP) is 0.247. The number of carbonyl (C=O) groups is 2. The maximum Gasteiger partial charge on any atom is 0.320 e. The van der Waals surface area contributed by atoms with E-state index in [0.717, 1.165) is 5.56 Å². The molecule has 7 nitrogen and oxygen atoms in total. The van der Waals surface area contributed by atoms with Gasteiger partial charge in [-0.2, -0.15) is 0 Å². The summed E-state index contributed by atoms with van der Waals surface area (Å²) >= 11 is 0. The van der Waals surface area contributed by atoms with Crippen molar-refractivity contribution in [2.24, 2.45) is 5.92 Å². The van der Waals surface area contributed by atoms with Gasteiger partial charge in [-0.3, -0.25) is 14.5 Å². The molecule has 1 fully saturated rings. The van der Waals surface area contributed by atoms with E-state index in [2.05, 4.69) is 0 Å². The van der Waals surface area contributed by atoms with Crippen LogP contribution in [0.2, 0.25) is 0 Å². The largest absolute Gasteiger partial charge is 0.480 e. The molecule has 1 saturated heterocycles. The van der Waals surface area contributed by atoms with E-state index in [1.54, 1.807) is 4.90 Å². The van der Waals surface area contributed by atoms with Crippen LogP contribution in [0.25, 0.3) is 0 Å². The number of hydrogen-bond donors (Lipinski definition) is 3. The van der Waals surface area contributed by atoms with Gasteiger partial charge in [0.05, 0.1) is 19.3 Å². The first-order chi connectivity index (χ1) is 11.4. The molecule has 0 radical (unpaired) electrons. The molecule has 0 aliphatic carbocycles. The summed E-state index contributed by atoms with van der Waals surface area (Å²) in [7, 11) is 0. The van der Waals surface area contributed by atoms with Crippen molar-refractivity contribution < 1.29 is 29.6 Å². The lowest BCUT2D eigenvalue weighted by Gasteiger charge is -2.32. The number of hydrogen-bond acceptors (Lipinski definition) is 6. The van der Waals surface area contributed by atoms with Crippen LogP contribution in [0.1, 0.15) is 18.9 Å². The second-order valence-electron chi connectivity index (χ2n) is 6.05. The predicted molar refractivity (Wildman–Crippen MR) is 85.0 cm³/mol. The fourth-order valence-electron chi connectivity index (χ4n) is 3.33. The zero-order valence-electron chi connectivity index (χ0n) is 13.5. The average Bonchev–Trinajstić information content (AvgIpc) is 2.91. The van der Waals surface area contributed by atoms with Gasteiger partial charge in [-0.25, -0.2) is 0 Å². The van der Waals surface area contributed by atoms with Crippen molar-refractivity contribution in [2.45, 2.75) is 38.1 Å². The van der Waals surface area contributed by atoms with E-state index in [0.29, 0.717) is 6.54 Å². The van der Waals surface area contributed by atoms with Gasteiger partial charge in [-0.15, -0.1) is 0 Å². The third-order valence-corrected chi connectivity index (χ3v) is 4.37. The van der Waals surface area contributed by atoms with Crippen molar-refractivity contribution in [1.82, 2.24) is 4.90 Å². The molecule has 0 saturated carbocycles. The highest BCUT2D eigenvalue weighted by molar-refractivity contribution is 5.74. The quantitative estimate of drug-likeness (QED) is 0.612. The Balaban J connectivity index is 2.26. The molecule has 1 heterocycles. The van der Waals surface area contributed by atoms with Crippen molar-refractivity contribution in [1.29, 1.82) is 0 Å². The number of rotatable bonds is 7. The highest BCUT2D eigenvalue weighted by Gasteiger charge is 2.47. The molecule has 0 amide bonds. The molecular formula is C17H23NO6. The Hall–Kier alpha value is -1.96. The summed E-state index contributed by atoms with van der Waals surface area (Å²) < 4.78 is 5.03. The summed E-state index contributed by atoms with van der Waals surface area (Å²) in [6.07, 6.45) is -0.865. The second kappa shape index (κ2) is 8.23. The summed E-state index contributed by atoms with van der Waals surface area (Å²) in [6.45, 7) is 1.14. The monoisotopic (exact) mass is 337 g/mol. The fraction of sp³-hybridized carbons (Fsp3) is 0.529. The number of aliphatic hydroxyl groups is 2. The number of esters is 1. The van der Waals surface area contributed by atoms with Crippen LogP contribution >= 0.6 is 0 Å². The number of carbonyl (C=O) groups excluding carboxylic acids is 1. The fourth-order valence-corrected chi connectivity index (χ4v) is 3.33. The van der Waals surface area contributed by atoms with Crippen molar-refractivity contribution in [3.63, 3.8) is 0 Å². The van der Waals surface area contributed by atoms with Crippen molar-refractivity contribution in [3.8, 4) is 0 Å². The van der Waals surface area contributed by atoms with E-state index in [-0.39, 0.29) is 18.9 Å². The average molecular weight is 337 g/mol. The Morgan fingerprint density at radius 3 is 2.54 bits per heavy atom. The third kappa shape index (κ3) is 4.31. The first-order valence-corrected chi connectivity index (χ1v) is 7.88. The molecule has 1 aliphatic rings. The van der Waals surface area contributed by atoms with Crippen LogP contribution < -0.4 is 0 Å². The Morgan fingerprint density at radius 2 is 2.00 bits per heavy atom. The number of benzene rings is 1. The zero-order valence-corrected chi connectivity index (χ0v) is 13.5. The molecule has 7 heteroatoms. The molecule has 132 valence electrons. The highest BCUT2D eigenvalue weighted by Crippen LogP contribution is 2.34. The second-order valence-corrected chi connectivity index (χ2v) is 6.05. The van der Waals surface area contributed by atoms with Gasteiger partial charge in [0.15, 0.2) is 0 Å². The molecule has 1 aromatic carbocycles. The lowest BCUT2D eigenvalue weighted by Crippen LogP contribution is -2.48. The minimum atomic E-state index is -1.11. The highest BCUT2D eigenvalue weighted by atomic mass is 16.5. The number of carboxylic acid groups (broad SMARTS) is 1. The lowest BCUT2D eigenvalue weighted by molar-refractivity contribution is -0.144. The Bertz CT molecular complexity index is 563. The number of ether oxygens (including phenoxy) is 1. The minimum absolute atomic E-state index is 0.0200. The lowest BCUT2D eigenvalue weighted by atomic mass is 9.95. The number of aliphatic carboxylic acids is 1. The van der Waals surface area contributed by atoms with Crippen LogP contribution in [0.15, 0.2) is 30.3 Å². The van der Waals surface area contributed by atoms with Gasteiger partial charge in [0.1, 0.15) is 6.04 Å². The van der Waals surface area contributed by atoms with E-state index in [4.69, 9.17) is 4.74 Å². The van der Waals surface area contributed by atoms with Gasteiger partial charge >= 0.3 is 11.9 Å². The number of carboxylic acids is 1. The van der Waals surface area contributed by atoms with E-state index in [1.807, 2.05) is 30.3 Å². The molecular weight excluding hydrogens is 314 g/mol. The molecule has 1 aliphatic heterocycles. The Morgan fingerprint density at radius 1 is 1.33 bits per heavy atom. The van der Waals surface area contributed by atoms with Gasteiger partial charge in [-0.05, 0) is 12.0 Å². The zero-order chi connectivity index (χ0) is 17.7. The normalized spacial score (nSPS) is 25.4. The molecule has 0 spiro atoms. The topological polar surface area (TPSA) is 107 Å². The Kier molecular flexibility index (Phi) is 6.30. The maximum absolute atomic E-state index is 11.6. The summed E-state index contributed by atoms with van der Waals surface area (Å²) in [5, 5.41) is 29.1.